The van der Waals surface area contributed by atoms with E-state index >= 15 is 0 Å². The molecule has 8 heteroatoms. The summed E-state index contributed by atoms with van der Waals surface area (Å²) in [7, 11) is 0. The van der Waals surface area contributed by atoms with Gasteiger partial charge in [0.15, 0.2) is 0 Å². The van der Waals surface area contributed by atoms with Crippen molar-refractivity contribution in [3.63, 3.8) is 0 Å². The first-order valence-corrected chi connectivity index (χ1v) is 17.7. The van der Waals surface area contributed by atoms with Crippen LogP contribution >= 0.6 is 48.0 Å². The van der Waals surface area contributed by atoms with Crippen LogP contribution in [-0.2, 0) is 19.3 Å². The van der Waals surface area contributed by atoms with Crippen molar-refractivity contribution >= 4 is 81.2 Å². The maximum Gasteiger partial charge on any atom is 0.0741 e. The Morgan fingerprint density at radius 2 is 1.30 bits per heavy atom. The Hall–Kier alpha value is -2.24. The van der Waals surface area contributed by atoms with Crippen molar-refractivity contribution in [3.05, 3.63) is 80.6 Å². The summed E-state index contributed by atoms with van der Waals surface area (Å²) < 4.78 is 0. The monoisotopic (exact) mass is 698 g/mol. The predicted octanol–water partition coefficient (Wildman–Crippen LogP) is 11.7. The molecule has 2 aromatic carbocycles. The van der Waals surface area contributed by atoms with Gasteiger partial charge < -0.3 is 10.6 Å². The van der Waals surface area contributed by atoms with Crippen molar-refractivity contribution in [1.82, 2.24) is 9.97 Å². The lowest BCUT2D eigenvalue weighted by molar-refractivity contribution is 0.433. The number of allylic oxidation sites excluding steroid dienone is 2. The molecule has 46 heavy (non-hydrogen) atoms. The highest BCUT2D eigenvalue weighted by molar-refractivity contribution is 6.31. The Morgan fingerprint density at radius 1 is 0.717 bits per heavy atom. The topological polar surface area (TPSA) is 49.8 Å². The van der Waals surface area contributed by atoms with Crippen molar-refractivity contribution < 1.29 is 0 Å². The molecule has 3 aliphatic rings. The van der Waals surface area contributed by atoms with Crippen molar-refractivity contribution in [3.8, 4) is 0 Å². The normalized spacial score (nSPS) is 18.2. The van der Waals surface area contributed by atoms with Gasteiger partial charge in [0.2, 0.25) is 0 Å². The Morgan fingerprint density at radius 3 is 2.00 bits per heavy atom. The van der Waals surface area contributed by atoms with Gasteiger partial charge in [0.25, 0.3) is 0 Å². The fourth-order valence-electron chi connectivity index (χ4n) is 8.06. The van der Waals surface area contributed by atoms with Gasteiger partial charge in [-0.15, -0.1) is 24.8 Å². The van der Waals surface area contributed by atoms with Gasteiger partial charge in [-0.1, -0.05) is 60.5 Å². The number of halogens is 4. The van der Waals surface area contributed by atoms with Gasteiger partial charge in [-0.25, -0.2) is 0 Å². The zero-order valence-electron chi connectivity index (χ0n) is 26.8. The van der Waals surface area contributed by atoms with E-state index in [-0.39, 0.29) is 24.8 Å². The first-order valence-electron chi connectivity index (χ1n) is 16.9. The van der Waals surface area contributed by atoms with Gasteiger partial charge >= 0.3 is 0 Å². The van der Waals surface area contributed by atoms with Crippen LogP contribution < -0.4 is 10.6 Å². The number of hydrogen-bond donors (Lipinski definition) is 2. The zero-order valence-corrected chi connectivity index (χ0v) is 29.9. The minimum atomic E-state index is 0. The third-order valence-electron chi connectivity index (χ3n) is 10.0. The van der Waals surface area contributed by atoms with Crippen LogP contribution in [-0.4, -0.2) is 23.1 Å². The SMILES string of the molecule is CC1=C[C@H]2Cc3nc4cc(Cl)ccc4c(NCCCCCCCCNc4c5c(nc6cc(Cl)ccc46)CCCC5)c3[C@@H](C1)C2.Cl.Cl. The molecule has 3 aliphatic carbocycles. The number of rotatable bonds is 11. The molecular formula is C38H46Cl4N4. The Kier molecular flexibility index (Phi) is 12.0. The van der Waals surface area contributed by atoms with Crippen LogP contribution in [0.3, 0.4) is 0 Å². The molecule has 0 amide bonds. The number of pyridine rings is 2. The highest BCUT2D eigenvalue weighted by Crippen LogP contribution is 2.47. The maximum atomic E-state index is 6.38. The molecule has 0 radical (unpaired) electrons. The van der Waals surface area contributed by atoms with Crippen LogP contribution in [0.2, 0.25) is 10.0 Å². The van der Waals surface area contributed by atoms with Gasteiger partial charge in [-0.3, -0.25) is 9.97 Å². The molecule has 0 saturated heterocycles. The molecule has 2 N–H and O–H groups in total. The van der Waals surface area contributed by atoms with Crippen molar-refractivity contribution in [2.45, 2.75) is 96.3 Å². The molecule has 7 rings (SSSR count). The maximum absolute atomic E-state index is 6.38. The number of aryl methyl sites for hydroxylation is 1. The first-order chi connectivity index (χ1) is 21.5. The zero-order chi connectivity index (χ0) is 30.0. The largest absolute Gasteiger partial charge is 0.384 e. The van der Waals surface area contributed by atoms with Crippen LogP contribution in [0.4, 0.5) is 11.4 Å². The average molecular weight is 701 g/mol. The number of benzene rings is 2. The number of nitrogens with one attached hydrogen (secondary N) is 2. The summed E-state index contributed by atoms with van der Waals surface area (Å²) in [4.78, 5) is 10.1. The molecule has 0 spiro atoms. The molecule has 0 saturated carbocycles. The number of anilines is 2. The van der Waals surface area contributed by atoms with E-state index < -0.39 is 0 Å². The Labute approximate surface area is 296 Å². The Balaban J connectivity index is 0.00000208. The molecule has 2 heterocycles. The van der Waals surface area contributed by atoms with Crippen LogP contribution in [0.15, 0.2) is 48.0 Å². The van der Waals surface area contributed by atoms with Crippen LogP contribution in [0.1, 0.15) is 99.6 Å². The van der Waals surface area contributed by atoms with Crippen LogP contribution in [0, 0.1) is 5.92 Å². The van der Waals surface area contributed by atoms with E-state index in [4.69, 9.17) is 33.2 Å². The Bertz CT molecular complexity index is 1720. The number of nitrogens with zero attached hydrogens (tertiary/aromatic N) is 2. The standard InChI is InChI=1S/C38H44Cl2N4.2ClH/c1-24-18-25-20-26(19-24)36-35(21-25)44-34-23-28(40)13-15-31(34)38(36)42-17-9-5-3-2-4-8-16-41-37-29-10-6-7-11-32(29)43-33-22-27(39)12-14-30(33)37;;/h12-15,18,22-23,25-26H,2-11,16-17,19-21H2,1H3,(H,41,43)(H,42,44);2*1H/t25-,26+;;/m1../s1. The summed E-state index contributed by atoms with van der Waals surface area (Å²) in [5, 5.41) is 11.7. The number of fused-ring (bicyclic) bond motifs is 7. The number of hydrogen-bond acceptors (Lipinski definition) is 4. The lowest BCUT2D eigenvalue weighted by Gasteiger charge is -2.36. The summed E-state index contributed by atoms with van der Waals surface area (Å²) in [6.07, 6.45) is 18.1. The molecule has 4 aromatic rings. The number of unbranched alkanes of at least 4 members (excludes halogenated alkanes) is 5. The lowest BCUT2D eigenvalue weighted by Crippen LogP contribution is -2.24. The third-order valence-corrected chi connectivity index (χ3v) is 10.5. The molecule has 4 nitrogen and oxygen atoms in total. The summed E-state index contributed by atoms with van der Waals surface area (Å²) in [6.45, 7) is 4.31. The molecule has 246 valence electrons. The molecule has 2 bridgehead atoms. The van der Waals surface area contributed by atoms with Gasteiger partial charge in [0, 0.05) is 62.2 Å². The summed E-state index contributed by atoms with van der Waals surface area (Å²) >= 11 is 12.7. The predicted molar refractivity (Wildman–Crippen MR) is 202 cm³/mol. The van der Waals surface area contributed by atoms with E-state index in [0.717, 1.165) is 59.9 Å². The van der Waals surface area contributed by atoms with Crippen LogP contribution in [0.25, 0.3) is 21.8 Å². The van der Waals surface area contributed by atoms with Gasteiger partial charge in [-0.05, 0) is 119 Å². The van der Waals surface area contributed by atoms with E-state index in [2.05, 4.69) is 35.8 Å². The molecular weight excluding hydrogens is 654 g/mol. The van der Waals surface area contributed by atoms with Crippen molar-refractivity contribution in [1.29, 1.82) is 0 Å². The molecule has 0 fully saturated rings. The summed E-state index contributed by atoms with van der Waals surface area (Å²) in [5.41, 5.74) is 11.7. The second kappa shape index (κ2) is 15.8. The fraction of sp³-hybridized carbons (Fsp3) is 0.474. The first kappa shape index (κ1) is 35.1. The second-order valence-electron chi connectivity index (χ2n) is 13.4. The van der Waals surface area contributed by atoms with Crippen molar-refractivity contribution in [2.24, 2.45) is 5.92 Å². The minimum absolute atomic E-state index is 0. The minimum Gasteiger partial charge on any atom is -0.384 e. The number of aromatic nitrogens is 2. The van der Waals surface area contributed by atoms with Crippen molar-refractivity contribution in [2.75, 3.05) is 23.7 Å². The second-order valence-corrected chi connectivity index (χ2v) is 14.3. The van der Waals surface area contributed by atoms with E-state index in [1.54, 1.807) is 0 Å². The summed E-state index contributed by atoms with van der Waals surface area (Å²) in [6, 6.07) is 12.3. The fourth-order valence-corrected chi connectivity index (χ4v) is 8.39. The third kappa shape index (κ3) is 7.57. The highest BCUT2D eigenvalue weighted by atomic mass is 35.5. The van der Waals surface area contributed by atoms with E-state index in [1.165, 1.54) is 108 Å². The van der Waals surface area contributed by atoms with E-state index in [9.17, 15) is 0 Å². The van der Waals surface area contributed by atoms with E-state index in [0.29, 0.717) is 11.8 Å². The van der Waals surface area contributed by atoms with Gasteiger partial charge in [0.1, 0.15) is 0 Å². The smallest absolute Gasteiger partial charge is 0.0741 e. The quantitative estimate of drug-likeness (QED) is 0.121. The molecule has 2 atom stereocenters. The van der Waals surface area contributed by atoms with E-state index in [1.807, 2.05) is 24.3 Å². The molecule has 0 aliphatic heterocycles. The molecule has 2 aromatic heterocycles. The van der Waals surface area contributed by atoms with Gasteiger partial charge in [-0.2, -0.15) is 0 Å². The van der Waals surface area contributed by atoms with Gasteiger partial charge in [0.05, 0.1) is 11.0 Å². The molecule has 0 unspecified atom stereocenters. The lowest BCUT2D eigenvalue weighted by atomic mass is 9.71. The van der Waals surface area contributed by atoms with Crippen LogP contribution in [0.5, 0.6) is 0 Å². The average Bonchev–Trinajstić information content (AvgIpc) is 3.00. The summed E-state index contributed by atoms with van der Waals surface area (Å²) in [5.74, 6) is 1.20. The highest BCUT2D eigenvalue weighted by Gasteiger charge is 2.33.